The second-order valence-electron chi connectivity index (χ2n) is 4.29. The Morgan fingerprint density at radius 1 is 1.29 bits per heavy atom. The highest BCUT2D eigenvalue weighted by Gasteiger charge is 2.12. The molecule has 2 rings (SSSR count). The molecule has 0 amide bonds. The molecule has 2 aromatic rings. The second kappa shape index (κ2) is 5.03. The summed E-state index contributed by atoms with van der Waals surface area (Å²) in [5.74, 6) is 1.72. The van der Waals surface area contributed by atoms with Crippen molar-refractivity contribution in [2.24, 2.45) is 5.92 Å². The molecule has 0 spiro atoms. The first kappa shape index (κ1) is 11.7. The highest BCUT2D eigenvalue weighted by molar-refractivity contribution is 5.46. The molecule has 2 heterocycles. The van der Waals surface area contributed by atoms with Gasteiger partial charge in [0.15, 0.2) is 0 Å². The third kappa shape index (κ3) is 2.87. The van der Waals surface area contributed by atoms with Gasteiger partial charge in [0.2, 0.25) is 11.7 Å². The van der Waals surface area contributed by atoms with E-state index in [0.29, 0.717) is 23.3 Å². The molecule has 2 aromatic heterocycles. The molecule has 5 nitrogen and oxygen atoms in total. The maximum Gasteiger partial charge on any atom is 0.227 e. The van der Waals surface area contributed by atoms with Crippen molar-refractivity contribution < 1.29 is 4.52 Å². The fraction of sp³-hybridized carbons (Fsp3) is 0.500. The van der Waals surface area contributed by atoms with Gasteiger partial charge < -0.3 is 4.52 Å². The Hall–Kier alpha value is -1.78. The van der Waals surface area contributed by atoms with Crippen molar-refractivity contribution in [1.29, 1.82) is 0 Å². The SMILES string of the molecule is CCC(C)Cc1nc(-c2ccc(C)nn2)no1. The molecular weight excluding hydrogens is 216 g/mol. The molecule has 0 aliphatic rings. The summed E-state index contributed by atoms with van der Waals surface area (Å²) in [7, 11) is 0. The van der Waals surface area contributed by atoms with E-state index >= 15 is 0 Å². The van der Waals surface area contributed by atoms with Crippen LogP contribution in [0.25, 0.3) is 11.5 Å². The molecule has 0 aliphatic carbocycles. The maximum atomic E-state index is 5.19. The third-order valence-corrected chi connectivity index (χ3v) is 2.72. The summed E-state index contributed by atoms with van der Waals surface area (Å²) < 4.78 is 5.19. The number of hydrogen-bond acceptors (Lipinski definition) is 5. The zero-order chi connectivity index (χ0) is 12.3. The largest absolute Gasteiger partial charge is 0.339 e. The molecule has 0 saturated carbocycles. The van der Waals surface area contributed by atoms with Gasteiger partial charge in [0.05, 0.1) is 5.69 Å². The van der Waals surface area contributed by atoms with E-state index in [2.05, 4.69) is 34.2 Å². The quantitative estimate of drug-likeness (QED) is 0.810. The van der Waals surface area contributed by atoms with Crippen LogP contribution >= 0.6 is 0 Å². The third-order valence-electron chi connectivity index (χ3n) is 2.72. The Morgan fingerprint density at radius 2 is 2.12 bits per heavy atom. The molecule has 0 saturated heterocycles. The van der Waals surface area contributed by atoms with Gasteiger partial charge in [-0.05, 0) is 25.0 Å². The van der Waals surface area contributed by atoms with Crippen LogP contribution in [0.1, 0.15) is 31.9 Å². The van der Waals surface area contributed by atoms with Crippen molar-refractivity contribution in [3.8, 4) is 11.5 Å². The highest BCUT2D eigenvalue weighted by Crippen LogP contribution is 2.15. The first-order chi connectivity index (χ1) is 8.19. The Balaban J connectivity index is 2.15. The van der Waals surface area contributed by atoms with E-state index in [1.807, 2.05) is 19.1 Å². The van der Waals surface area contributed by atoms with Gasteiger partial charge >= 0.3 is 0 Å². The normalized spacial score (nSPS) is 12.6. The Kier molecular flexibility index (Phi) is 3.46. The van der Waals surface area contributed by atoms with Crippen molar-refractivity contribution >= 4 is 0 Å². The summed E-state index contributed by atoms with van der Waals surface area (Å²) in [6.07, 6.45) is 1.91. The molecule has 5 heteroatoms. The Labute approximate surface area is 100 Å². The van der Waals surface area contributed by atoms with Gasteiger partial charge in [-0.2, -0.15) is 10.1 Å². The van der Waals surface area contributed by atoms with Crippen molar-refractivity contribution in [3.05, 3.63) is 23.7 Å². The molecule has 0 fully saturated rings. The van der Waals surface area contributed by atoms with Crippen LogP contribution in [0, 0.1) is 12.8 Å². The van der Waals surface area contributed by atoms with Crippen LogP contribution in [0.15, 0.2) is 16.7 Å². The van der Waals surface area contributed by atoms with Gasteiger partial charge in [-0.1, -0.05) is 25.4 Å². The van der Waals surface area contributed by atoms with Crippen LogP contribution in [0.3, 0.4) is 0 Å². The topological polar surface area (TPSA) is 64.7 Å². The van der Waals surface area contributed by atoms with Crippen molar-refractivity contribution in [2.75, 3.05) is 0 Å². The van der Waals surface area contributed by atoms with E-state index in [4.69, 9.17) is 4.52 Å². The van der Waals surface area contributed by atoms with Gasteiger partial charge in [0.25, 0.3) is 0 Å². The Morgan fingerprint density at radius 3 is 2.76 bits per heavy atom. The lowest BCUT2D eigenvalue weighted by molar-refractivity contribution is 0.356. The number of aryl methyl sites for hydroxylation is 1. The highest BCUT2D eigenvalue weighted by atomic mass is 16.5. The summed E-state index contributed by atoms with van der Waals surface area (Å²) in [6.45, 7) is 6.20. The van der Waals surface area contributed by atoms with Gasteiger partial charge in [0, 0.05) is 6.42 Å². The summed E-state index contributed by atoms with van der Waals surface area (Å²) in [5, 5.41) is 11.9. The number of aromatic nitrogens is 4. The average Bonchev–Trinajstić information content (AvgIpc) is 2.78. The summed E-state index contributed by atoms with van der Waals surface area (Å²) in [6, 6.07) is 3.73. The molecule has 90 valence electrons. The standard InChI is InChI=1S/C12H16N4O/c1-4-8(2)7-11-13-12(16-17-11)10-6-5-9(3)14-15-10/h5-6,8H,4,7H2,1-3H3. The zero-order valence-electron chi connectivity index (χ0n) is 10.3. The summed E-state index contributed by atoms with van der Waals surface area (Å²) >= 11 is 0. The molecule has 1 unspecified atom stereocenters. The predicted octanol–water partition coefficient (Wildman–Crippen LogP) is 2.42. The molecule has 1 atom stereocenters. The van der Waals surface area contributed by atoms with Crippen LogP contribution in [0.4, 0.5) is 0 Å². The van der Waals surface area contributed by atoms with Crippen LogP contribution in [0.2, 0.25) is 0 Å². The predicted molar refractivity (Wildman–Crippen MR) is 63.2 cm³/mol. The van der Waals surface area contributed by atoms with E-state index < -0.39 is 0 Å². The van der Waals surface area contributed by atoms with Crippen molar-refractivity contribution in [2.45, 2.75) is 33.6 Å². The van der Waals surface area contributed by atoms with Crippen LogP contribution in [0.5, 0.6) is 0 Å². The molecular formula is C12H16N4O. The first-order valence-corrected chi connectivity index (χ1v) is 5.82. The van der Waals surface area contributed by atoms with E-state index in [1.165, 1.54) is 0 Å². The van der Waals surface area contributed by atoms with E-state index in [0.717, 1.165) is 18.5 Å². The van der Waals surface area contributed by atoms with Crippen molar-refractivity contribution in [1.82, 2.24) is 20.3 Å². The maximum absolute atomic E-state index is 5.19. The Bertz CT molecular complexity index is 478. The van der Waals surface area contributed by atoms with Crippen molar-refractivity contribution in [3.63, 3.8) is 0 Å². The molecule has 0 radical (unpaired) electrons. The minimum Gasteiger partial charge on any atom is -0.339 e. The monoisotopic (exact) mass is 232 g/mol. The first-order valence-electron chi connectivity index (χ1n) is 5.82. The van der Waals surface area contributed by atoms with Crippen LogP contribution in [-0.2, 0) is 6.42 Å². The lowest BCUT2D eigenvalue weighted by atomic mass is 10.1. The number of nitrogens with zero attached hydrogens (tertiary/aromatic N) is 4. The van der Waals surface area contributed by atoms with Crippen LogP contribution < -0.4 is 0 Å². The molecule has 0 bridgehead atoms. The smallest absolute Gasteiger partial charge is 0.227 e. The molecule has 0 aliphatic heterocycles. The summed E-state index contributed by atoms with van der Waals surface area (Å²) in [4.78, 5) is 4.32. The van der Waals surface area contributed by atoms with E-state index in [9.17, 15) is 0 Å². The number of rotatable bonds is 4. The lowest BCUT2D eigenvalue weighted by Crippen LogP contribution is -1.98. The fourth-order valence-corrected chi connectivity index (χ4v) is 1.40. The van der Waals surface area contributed by atoms with E-state index in [1.54, 1.807) is 0 Å². The van der Waals surface area contributed by atoms with Gasteiger partial charge in [-0.15, -0.1) is 5.10 Å². The van der Waals surface area contributed by atoms with Gasteiger partial charge in [-0.3, -0.25) is 0 Å². The average molecular weight is 232 g/mol. The van der Waals surface area contributed by atoms with Gasteiger partial charge in [0.1, 0.15) is 5.69 Å². The lowest BCUT2D eigenvalue weighted by Gasteiger charge is -2.01. The zero-order valence-corrected chi connectivity index (χ0v) is 10.3. The fourth-order valence-electron chi connectivity index (χ4n) is 1.40. The van der Waals surface area contributed by atoms with Gasteiger partial charge in [-0.25, -0.2) is 0 Å². The minimum atomic E-state index is 0.510. The minimum absolute atomic E-state index is 0.510. The molecule has 17 heavy (non-hydrogen) atoms. The van der Waals surface area contributed by atoms with Crippen LogP contribution in [-0.4, -0.2) is 20.3 Å². The van der Waals surface area contributed by atoms with E-state index in [-0.39, 0.29) is 0 Å². The molecule has 0 aromatic carbocycles. The summed E-state index contributed by atoms with van der Waals surface area (Å²) in [5.41, 5.74) is 1.52. The number of hydrogen-bond donors (Lipinski definition) is 0. The second-order valence-corrected chi connectivity index (χ2v) is 4.29. The molecule has 0 N–H and O–H groups in total.